The Balaban J connectivity index is 2.13. The smallest absolute Gasteiger partial charge is 0.245 e. The van der Waals surface area contributed by atoms with E-state index in [0.29, 0.717) is 23.9 Å². The van der Waals surface area contributed by atoms with Gasteiger partial charge in [-0.25, -0.2) is 13.1 Å². The van der Waals surface area contributed by atoms with Crippen molar-refractivity contribution in [2.45, 2.75) is 18.4 Å². The molecule has 0 saturated carbocycles. The van der Waals surface area contributed by atoms with Crippen molar-refractivity contribution in [3.63, 3.8) is 0 Å². The summed E-state index contributed by atoms with van der Waals surface area (Å²) < 4.78 is 30.5. The molecule has 9 heteroatoms. The lowest BCUT2D eigenvalue weighted by atomic mass is 10.3. The van der Waals surface area contributed by atoms with Crippen molar-refractivity contribution in [2.75, 3.05) is 18.1 Å². The number of aryl methyl sites for hydroxylation is 1. The lowest BCUT2D eigenvalue weighted by molar-refractivity contribution is 0.379. The average molecular weight is 297 g/mol. The largest absolute Gasteiger partial charge is 0.398 e. The van der Waals surface area contributed by atoms with E-state index < -0.39 is 10.0 Å². The summed E-state index contributed by atoms with van der Waals surface area (Å²) in [7, 11) is -2.22. The molecular formula is C11H15N5O3S. The van der Waals surface area contributed by atoms with Gasteiger partial charge < -0.3 is 15.6 Å². The Morgan fingerprint density at radius 1 is 1.40 bits per heavy atom. The number of benzene rings is 1. The van der Waals surface area contributed by atoms with Gasteiger partial charge in [0.05, 0.1) is 12.2 Å². The third-order valence-corrected chi connectivity index (χ3v) is 4.07. The first-order valence-electron chi connectivity index (χ1n) is 5.78. The van der Waals surface area contributed by atoms with Gasteiger partial charge in [0.15, 0.2) is 5.82 Å². The first-order chi connectivity index (χ1) is 9.42. The minimum Gasteiger partial charge on any atom is -0.398 e. The molecule has 0 spiro atoms. The van der Waals surface area contributed by atoms with Crippen LogP contribution in [0.4, 0.5) is 11.4 Å². The highest BCUT2D eigenvalue weighted by Gasteiger charge is 2.15. The summed E-state index contributed by atoms with van der Waals surface area (Å²) in [6.45, 7) is 2.06. The summed E-state index contributed by atoms with van der Waals surface area (Å²) in [6, 6.07) is 4.58. The molecule has 1 heterocycles. The van der Waals surface area contributed by atoms with Crippen molar-refractivity contribution >= 4 is 21.4 Å². The van der Waals surface area contributed by atoms with E-state index in [4.69, 9.17) is 10.3 Å². The van der Waals surface area contributed by atoms with Crippen LogP contribution >= 0.6 is 0 Å². The highest BCUT2D eigenvalue weighted by Crippen LogP contribution is 2.22. The van der Waals surface area contributed by atoms with Gasteiger partial charge in [-0.2, -0.15) is 4.98 Å². The molecule has 4 N–H and O–H groups in total. The van der Waals surface area contributed by atoms with Crippen LogP contribution in [0.25, 0.3) is 0 Å². The fourth-order valence-corrected chi connectivity index (χ4v) is 2.44. The van der Waals surface area contributed by atoms with Crippen molar-refractivity contribution in [1.29, 1.82) is 0 Å². The van der Waals surface area contributed by atoms with E-state index in [1.807, 2.05) is 0 Å². The van der Waals surface area contributed by atoms with Crippen molar-refractivity contribution in [3.8, 4) is 0 Å². The number of hydrogen-bond acceptors (Lipinski definition) is 7. The predicted octanol–water partition coefficient (Wildman–Crippen LogP) is 0.480. The molecule has 20 heavy (non-hydrogen) atoms. The van der Waals surface area contributed by atoms with Crippen molar-refractivity contribution in [3.05, 3.63) is 29.9 Å². The van der Waals surface area contributed by atoms with Gasteiger partial charge in [-0.3, -0.25) is 0 Å². The lowest BCUT2D eigenvalue weighted by Gasteiger charge is -2.09. The van der Waals surface area contributed by atoms with Gasteiger partial charge in [-0.1, -0.05) is 5.16 Å². The fraction of sp³-hybridized carbons (Fsp3) is 0.273. The summed E-state index contributed by atoms with van der Waals surface area (Å²) in [5, 5.41) is 6.69. The number of sulfonamides is 1. The summed E-state index contributed by atoms with van der Waals surface area (Å²) in [5.74, 6) is 0.991. The molecule has 0 atom stereocenters. The number of aromatic nitrogens is 2. The molecule has 1 aromatic carbocycles. The molecule has 2 aromatic rings. The first kappa shape index (κ1) is 14.3. The van der Waals surface area contributed by atoms with Crippen molar-refractivity contribution in [1.82, 2.24) is 14.9 Å². The zero-order valence-corrected chi connectivity index (χ0v) is 11.9. The Bertz CT molecular complexity index is 711. The van der Waals surface area contributed by atoms with Gasteiger partial charge in [-0.05, 0) is 32.2 Å². The van der Waals surface area contributed by atoms with E-state index in [9.17, 15) is 8.42 Å². The molecule has 0 amide bonds. The molecule has 8 nitrogen and oxygen atoms in total. The van der Waals surface area contributed by atoms with Crippen molar-refractivity contribution < 1.29 is 12.9 Å². The van der Waals surface area contributed by atoms with E-state index in [2.05, 4.69) is 20.2 Å². The summed E-state index contributed by atoms with van der Waals surface area (Å²) in [5.41, 5.74) is 6.56. The monoisotopic (exact) mass is 297 g/mol. The molecule has 0 bridgehead atoms. The summed E-state index contributed by atoms with van der Waals surface area (Å²) in [6.07, 6.45) is 0. The highest BCUT2D eigenvalue weighted by atomic mass is 32.2. The Hall–Kier alpha value is -2.13. The third-order valence-electron chi connectivity index (χ3n) is 2.58. The second-order valence-corrected chi connectivity index (χ2v) is 5.90. The second kappa shape index (κ2) is 5.47. The lowest BCUT2D eigenvalue weighted by Crippen LogP contribution is -2.20. The maximum Gasteiger partial charge on any atom is 0.245 e. The third kappa shape index (κ3) is 3.06. The number of nitrogens with zero attached hydrogens (tertiary/aromatic N) is 2. The summed E-state index contributed by atoms with van der Waals surface area (Å²) in [4.78, 5) is 4.08. The second-order valence-electron chi connectivity index (χ2n) is 4.05. The van der Waals surface area contributed by atoms with Crippen LogP contribution in [0.3, 0.4) is 0 Å². The van der Waals surface area contributed by atoms with E-state index in [1.165, 1.54) is 19.2 Å². The molecular weight excluding hydrogens is 282 g/mol. The number of anilines is 2. The SMILES string of the molecule is CNS(=O)(=O)c1ccc(NCc2nc(C)no2)cc1N. The molecule has 1 aromatic heterocycles. The number of rotatable bonds is 5. The van der Waals surface area contributed by atoms with Gasteiger partial charge in [0.2, 0.25) is 15.9 Å². The minimum atomic E-state index is -3.55. The molecule has 0 saturated heterocycles. The van der Waals surface area contributed by atoms with Crippen LogP contribution in [0.15, 0.2) is 27.6 Å². The van der Waals surface area contributed by atoms with E-state index >= 15 is 0 Å². The van der Waals surface area contributed by atoms with E-state index in [-0.39, 0.29) is 10.6 Å². The first-order valence-corrected chi connectivity index (χ1v) is 7.27. The number of nitrogens with two attached hydrogens (primary N) is 1. The van der Waals surface area contributed by atoms with E-state index in [0.717, 1.165) is 0 Å². The van der Waals surface area contributed by atoms with Crippen LogP contribution in [0.5, 0.6) is 0 Å². The molecule has 0 unspecified atom stereocenters. The Kier molecular flexibility index (Phi) is 3.91. The molecule has 0 aliphatic carbocycles. The maximum atomic E-state index is 11.7. The normalized spacial score (nSPS) is 11.5. The van der Waals surface area contributed by atoms with Gasteiger partial charge in [0.1, 0.15) is 4.90 Å². The van der Waals surface area contributed by atoms with Gasteiger partial charge >= 0.3 is 0 Å². The Morgan fingerprint density at radius 2 is 2.15 bits per heavy atom. The fourth-order valence-electron chi connectivity index (χ4n) is 1.60. The van der Waals surface area contributed by atoms with Crippen LogP contribution in [-0.2, 0) is 16.6 Å². The quantitative estimate of drug-likeness (QED) is 0.686. The van der Waals surface area contributed by atoms with Crippen molar-refractivity contribution in [2.24, 2.45) is 0 Å². The molecule has 0 aliphatic heterocycles. The van der Waals surface area contributed by atoms with Crippen LogP contribution in [0.1, 0.15) is 11.7 Å². The zero-order valence-electron chi connectivity index (χ0n) is 11.0. The van der Waals surface area contributed by atoms with Gasteiger partial charge in [0.25, 0.3) is 0 Å². The van der Waals surface area contributed by atoms with Gasteiger partial charge in [-0.15, -0.1) is 0 Å². The average Bonchev–Trinajstić information content (AvgIpc) is 2.82. The molecule has 2 rings (SSSR count). The van der Waals surface area contributed by atoms with Crippen LogP contribution < -0.4 is 15.8 Å². The standard InChI is InChI=1S/C11H15N5O3S/c1-7-15-11(19-16-7)6-14-8-3-4-10(9(12)5-8)20(17,18)13-2/h3-5,13-14H,6,12H2,1-2H3. The molecule has 0 aliphatic rings. The van der Waals surface area contributed by atoms with Gasteiger partial charge in [0, 0.05) is 5.69 Å². The number of nitrogens with one attached hydrogen (secondary N) is 2. The topological polar surface area (TPSA) is 123 Å². The number of nitrogen functional groups attached to an aromatic ring is 1. The Labute approximate surface area is 116 Å². The van der Waals surface area contributed by atoms with Crippen LogP contribution in [0.2, 0.25) is 0 Å². The maximum absolute atomic E-state index is 11.7. The summed E-state index contributed by atoms with van der Waals surface area (Å²) >= 11 is 0. The highest BCUT2D eigenvalue weighted by molar-refractivity contribution is 7.89. The van der Waals surface area contributed by atoms with Crippen LogP contribution in [0, 0.1) is 6.92 Å². The molecule has 108 valence electrons. The van der Waals surface area contributed by atoms with Crippen LogP contribution in [-0.4, -0.2) is 25.6 Å². The molecule has 0 radical (unpaired) electrons. The number of hydrogen-bond donors (Lipinski definition) is 3. The Morgan fingerprint density at radius 3 is 2.70 bits per heavy atom. The minimum absolute atomic E-state index is 0.0409. The predicted molar refractivity (Wildman–Crippen MR) is 73.5 cm³/mol. The molecule has 0 fully saturated rings. The van der Waals surface area contributed by atoms with E-state index in [1.54, 1.807) is 13.0 Å². The zero-order chi connectivity index (χ0) is 14.8.